The number of para-hydroxylation sites is 2. The summed E-state index contributed by atoms with van der Waals surface area (Å²) < 4.78 is 2.34. The quantitative estimate of drug-likeness (QED) is 0.151. The Kier molecular flexibility index (Phi) is 8.79. The van der Waals surface area contributed by atoms with Crippen LogP contribution >= 0.6 is 0 Å². The molecule has 0 bridgehead atoms. The molecule has 0 saturated carbocycles. The minimum absolute atomic E-state index is 0.691. The third kappa shape index (κ3) is 6.53. The van der Waals surface area contributed by atoms with Crippen LogP contribution in [0.4, 0.5) is 0 Å². The van der Waals surface area contributed by atoms with Crippen molar-refractivity contribution in [2.75, 3.05) is 0 Å². The number of pyridine rings is 1. The van der Waals surface area contributed by atoms with Crippen LogP contribution in [-0.2, 0) is 0 Å². The summed E-state index contributed by atoms with van der Waals surface area (Å²) in [6, 6.07) is 81.5. The van der Waals surface area contributed by atoms with E-state index in [-0.39, 0.29) is 0 Å². The van der Waals surface area contributed by atoms with E-state index in [1.165, 1.54) is 38.3 Å². The third-order valence-electron chi connectivity index (χ3n) is 12.2. The molecule has 0 aliphatic heterocycles. The predicted molar refractivity (Wildman–Crippen MR) is 262 cm³/mol. The highest BCUT2D eigenvalue weighted by molar-refractivity contribution is 6.14. The van der Waals surface area contributed by atoms with Crippen LogP contribution in [0.3, 0.4) is 0 Å². The second kappa shape index (κ2) is 15.2. The van der Waals surface area contributed by atoms with Gasteiger partial charge in [-0.2, -0.15) is 0 Å². The van der Waals surface area contributed by atoms with E-state index in [4.69, 9.17) is 15.0 Å². The Labute approximate surface area is 365 Å². The Morgan fingerprint density at radius 1 is 0.302 bits per heavy atom. The first-order valence-electron chi connectivity index (χ1n) is 21.3. The molecule has 0 saturated heterocycles. The van der Waals surface area contributed by atoms with Crippen LogP contribution in [-0.4, -0.2) is 19.5 Å². The highest BCUT2D eigenvalue weighted by Crippen LogP contribution is 2.39. The Bertz CT molecular complexity index is 3600. The lowest BCUT2D eigenvalue weighted by Gasteiger charge is -2.14. The zero-order chi connectivity index (χ0) is 41.7. The van der Waals surface area contributed by atoms with Gasteiger partial charge >= 0.3 is 0 Å². The van der Waals surface area contributed by atoms with Crippen LogP contribution < -0.4 is 0 Å². The molecule has 294 valence electrons. The lowest BCUT2D eigenvalue weighted by atomic mass is 9.92. The second-order valence-corrected chi connectivity index (χ2v) is 16.0. The van der Waals surface area contributed by atoms with Crippen LogP contribution in [0.15, 0.2) is 231 Å². The first-order valence-corrected chi connectivity index (χ1v) is 21.3. The second-order valence-electron chi connectivity index (χ2n) is 16.0. The van der Waals surface area contributed by atoms with Crippen molar-refractivity contribution in [2.45, 2.75) is 0 Å². The summed E-state index contributed by atoms with van der Waals surface area (Å²) in [6.07, 6.45) is 0. The summed E-state index contributed by atoms with van der Waals surface area (Å²) in [5, 5.41) is 5.99. The number of nitrogens with zero attached hydrogens (tertiary/aromatic N) is 4. The molecule has 0 unspecified atom stereocenters. The zero-order valence-electron chi connectivity index (χ0n) is 34.2. The Hall–Kier alpha value is -8.47. The monoisotopic (exact) mass is 802 g/mol. The van der Waals surface area contributed by atoms with Gasteiger partial charge in [-0.05, 0) is 87.6 Å². The molecule has 4 nitrogen and oxygen atoms in total. The van der Waals surface area contributed by atoms with Crippen molar-refractivity contribution >= 4 is 43.5 Å². The number of benzene rings is 9. The first-order chi connectivity index (χ1) is 31.2. The van der Waals surface area contributed by atoms with Crippen LogP contribution in [0.2, 0.25) is 0 Å². The van der Waals surface area contributed by atoms with Gasteiger partial charge in [0.1, 0.15) is 0 Å². The lowest BCUT2D eigenvalue weighted by molar-refractivity contribution is 1.17. The fourth-order valence-corrected chi connectivity index (χ4v) is 9.15. The summed E-state index contributed by atoms with van der Waals surface area (Å²) >= 11 is 0. The number of aromatic nitrogens is 4. The predicted octanol–water partition coefficient (Wildman–Crippen LogP) is 15.3. The van der Waals surface area contributed by atoms with Gasteiger partial charge in [-0.25, -0.2) is 15.0 Å². The lowest BCUT2D eigenvalue weighted by Crippen LogP contribution is -1.97. The van der Waals surface area contributed by atoms with Gasteiger partial charge in [0.2, 0.25) is 0 Å². The molecule has 0 aliphatic carbocycles. The van der Waals surface area contributed by atoms with E-state index in [1.807, 2.05) is 24.3 Å². The molecule has 63 heavy (non-hydrogen) atoms. The maximum Gasteiger partial charge on any atom is 0.160 e. The normalized spacial score (nSPS) is 11.5. The van der Waals surface area contributed by atoms with E-state index < -0.39 is 0 Å². The van der Waals surface area contributed by atoms with Gasteiger partial charge in [0.25, 0.3) is 0 Å². The van der Waals surface area contributed by atoms with E-state index in [9.17, 15) is 0 Å². The van der Waals surface area contributed by atoms with Crippen LogP contribution in [0.5, 0.6) is 0 Å². The number of hydrogen-bond acceptors (Lipinski definition) is 3. The van der Waals surface area contributed by atoms with Gasteiger partial charge in [-0.15, -0.1) is 0 Å². The Morgan fingerprint density at radius 3 is 1.52 bits per heavy atom. The van der Waals surface area contributed by atoms with Gasteiger partial charge in [0, 0.05) is 44.1 Å². The van der Waals surface area contributed by atoms with E-state index in [0.29, 0.717) is 5.82 Å². The summed E-state index contributed by atoms with van der Waals surface area (Å²) in [6.45, 7) is 0. The molecule has 0 amide bonds. The summed E-state index contributed by atoms with van der Waals surface area (Å²) in [7, 11) is 0. The fraction of sp³-hybridized carbons (Fsp3) is 0. The maximum absolute atomic E-state index is 5.19. The molecule has 0 fully saturated rings. The molecule has 0 radical (unpaired) electrons. The van der Waals surface area contributed by atoms with Crippen molar-refractivity contribution in [3.63, 3.8) is 0 Å². The van der Waals surface area contributed by atoms with Crippen molar-refractivity contribution < 1.29 is 0 Å². The van der Waals surface area contributed by atoms with Gasteiger partial charge in [-0.3, -0.25) is 0 Å². The van der Waals surface area contributed by atoms with Crippen molar-refractivity contribution in [1.29, 1.82) is 0 Å². The molecule has 0 N–H and O–H groups in total. The Balaban J connectivity index is 0.942. The van der Waals surface area contributed by atoms with Gasteiger partial charge in [-0.1, -0.05) is 176 Å². The molecule has 0 aliphatic rings. The van der Waals surface area contributed by atoms with Crippen molar-refractivity contribution in [1.82, 2.24) is 19.5 Å². The molecule has 12 aromatic rings. The standard InChI is InChI=1S/C59H38N4/c1-4-15-39(16-5-1)51-37-53(40-17-6-2-7-18-40)60-52-34-30-45-35-44(29-33-48(45)58(51)52)43-21-14-22-46(36-43)55-38-54(61-59(62-55)42-19-8-3-9-20-42)41-27-31-47(32-28-41)63-56-25-12-10-23-49(56)50-24-11-13-26-57(50)63/h1-38H. The average molecular weight is 803 g/mol. The summed E-state index contributed by atoms with van der Waals surface area (Å²) in [4.78, 5) is 15.5. The molecule has 9 aromatic carbocycles. The number of hydrogen-bond donors (Lipinski definition) is 0. The average Bonchev–Trinajstić information content (AvgIpc) is 3.71. The van der Waals surface area contributed by atoms with E-state index >= 15 is 0 Å². The summed E-state index contributed by atoms with van der Waals surface area (Å²) in [5.41, 5.74) is 15.9. The zero-order valence-corrected chi connectivity index (χ0v) is 34.2. The van der Waals surface area contributed by atoms with Crippen molar-refractivity contribution in [2.24, 2.45) is 0 Å². The molecule has 3 aromatic heterocycles. The third-order valence-corrected chi connectivity index (χ3v) is 12.2. The minimum Gasteiger partial charge on any atom is -0.309 e. The van der Waals surface area contributed by atoms with E-state index in [2.05, 4.69) is 211 Å². The first kappa shape index (κ1) is 36.4. The fourth-order valence-electron chi connectivity index (χ4n) is 9.15. The van der Waals surface area contributed by atoms with E-state index in [1.54, 1.807) is 0 Å². The van der Waals surface area contributed by atoms with Crippen LogP contribution in [0.25, 0.3) is 117 Å². The van der Waals surface area contributed by atoms with Gasteiger partial charge in [0.05, 0.1) is 33.6 Å². The van der Waals surface area contributed by atoms with Crippen molar-refractivity contribution in [3.05, 3.63) is 231 Å². The maximum atomic E-state index is 5.19. The number of rotatable bonds is 7. The molecule has 4 heteroatoms. The molecule has 3 heterocycles. The van der Waals surface area contributed by atoms with Crippen LogP contribution in [0.1, 0.15) is 0 Å². The molecule has 0 spiro atoms. The largest absolute Gasteiger partial charge is 0.309 e. The molecular formula is C59H38N4. The molecule has 0 atom stereocenters. The number of fused-ring (bicyclic) bond motifs is 6. The Morgan fingerprint density at radius 2 is 0.825 bits per heavy atom. The SMILES string of the molecule is c1ccc(-c2cc(-c3ccccc3)c3c(ccc4cc(-c5cccc(-c6cc(-c7ccc(-n8c9ccccc9c9ccccc98)cc7)nc(-c7ccccc7)n6)c5)ccc43)n2)cc1. The minimum atomic E-state index is 0.691. The van der Waals surface area contributed by atoms with Gasteiger partial charge in [0.15, 0.2) is 5.82 Å². The highest BCUT2D eigenvalue weighted by Gasteiger charge is 2.16. The van der Waals surface area contributed by atoms with Gasteiger partial charge < -0.3 is 4.57 Å². The van der Waals surface area contributed by atoms with Crippen LogP contribution in [0, 0.1) is 0 Å². The summed E-state index contributed by atoms with van der Waals surface area (Å²) in [5.74, 6) is 0.691. The molecule has 12 rings (SSSR count). The molecular weight excluding hydrogens is 765 g/mol. The topological polar surface area (TPSA) is 43.6 Å². The highest BCUT2D eigenvalue weighted by atomic mass is 15.0. The smallest absolute Gasteiger partial charge is 0.160 e. The van der Waals surface area contributed by atoms with Crippen molar-refractivity contribution in [3.8, 4) is 73.1 Å². The van der Waals surface area contributed by atoms with E-state index in [0.717, 1.165) is 72.4 Å².